The third-order valence-electron chi connectivity index (χ3n) is 2.50. The number of fused-ring (bicyclic) bond motifs is 1. The van der Waals surface area contributed by atoms with E-state index in [2.05, 4.69) is 15.5 Å². The third kappa shape index (κ3) is 2.12. The molecule has 0 aliphatic rings. The van der Waals surface area contributed by atoms with Crippen molar-refractivity contribution < 1.29 is 4.79 Å². The summed E-state index contributed by atoms with van der Waals surface area (Å²) in [4.78, 5) is 11.9. The molecule has 2 aromatic heterocycles. The molecule has 0 spiro atoms. The number of amides is 1. The van der Waals surface area contributed by atoms with Crippen molar-refractivity contribution in [1.82, 2.24) is 19.9 Å². The quantitative estimate of drug-likeness (QED) is 0.777. The maximum absolute atomic E-state index is 11.9. The number of carbonyl (C=O) groups excluding carboxylic acids is 1. The standard InChI is InChI=1S/C11H15N5O/c1-2-9-14-15-10-8(4-3-7-16(9)10)11(17)13-6-5-12/h3-4,7H,2,5-6,12H2,1H3,(H,13,17). The van der Waals surface area contributed by atoms with Crippen LogP contribution in [0.15, 0.2) is 18.3 Å². The molecule has 6 nitrogen and oxygen atoms in total. The molecule has 0 bridgehead atoms. The normalized spacial score (nSPS) is 10.7. The first-order valence-corrected chi connectivity index (χ1v) is 5.58. The highest BCUT2D eigenvalue weighted by Gasteiger charge is 2.13. The first-order valence-electron chi connectivity index (χ1n) is 5.58. The van der Waals surface area contributed by atoms with E-state index >= 15 is 0 Å². The highest BCUT2D eigenvalue weighted by Crippen LogP contribution is 2.10. The number of aryl methyl sites for hydroxylation is 1. The van der Waals surface area contributed by atoms with Gasteiger partial charge in [0.25, 0.3) is 5.91 Å². The molecule has 17 heavy (non-hydrogen) atoms. The van der Waals surface area contributed by atoms with Gasteiger partial charge in [-0.3, -0.25) is 9.20 Å². The Kier molecular flexibility index (Phi) is 3.34. The predicted octanol–water partition coefficient (Wildman–Crippen LogP) is -0.0198. The van der Waals surface area contributed by atoms with Crippen LogP contribution in [0, 0.1) is 0 Å². The topological polar surface area (TPSA) is 85.3 Å². The van der Waals surface area contributed by atoms with E-state index in [1.165, 1.54) is 0 Å². The first-order chi connectivity index (χ1) is 8.27. The summed E-state index contributed by atoms with van der Waals surface area (Å²) in [6.45, 7) is 2.87. The van der Waals surface area contributed by atoms with Crippen LogP contribution in [-0.2, 0) is 6.42 Å². The van der Waals surface area contributed by atoms with E-state index in [0.717, 1.165) is 12.2 Å². The third-order valence-corrected chi connectivity index (χ3v) is 2.50. The Bertz CT molecular complexity index is 534. The Morgan fingerprint density at radius 2 is 2.35 bits per heavy atom. The zero-order valence-electron chi connectivity index (χ0n) is 9.68. The van der Waals surface area contributed by atoms with E-state index in [1.54, 1.807) is 6.07 Å². The van der Waals surface area contributed by atoms with E-state index in [-0.39, 0.29) is 5.91 Å². The number of nitrogens with zero attached hydrogens (tertiary/aromatic N) is 3. The van der Waals surface area contributed by atoms with Gasteiger partial charge in [-0.25, -0.2) is 0 Å². The molecule has 2 aromatic rings. The summed E-state index contributed by atoms with van der Waals surface area (Å²) >= 11 is 0. The fourth-order valence-corrected chi connectivity index (χ4v) is 1.66. The van der Waals surface area contributed by atoms with Gasteiger partial charge in [-0.1, -0.05) is 6.92 Å². The molecule has 3 N–H and O–H groups in total. The van der Waals surface area contributed by atoms with Crippen LogP contribution in [0.5, 0.6) is 0 Å². The lowest BCUT2D eigenvalue weighted by Gasteiger charge is -2.04. The zero-order chi connectivity index (χ0) is 12.3. The largest absolute Gasteiger partial charge is 0.351 e. The molecule has 0 unspecified atom stereocenters. The van der Waals surface area contributed by atoms with Gasteiger partial charge in [0.15, 0.2) is 5.65 Å². The van der Waals surface area contributed by atoms with Crippen LogP contribution < -0.4 is 11.1 Å². The van der Waals surface area contributed by atoms with E-state index in [1.807, 2.05) is 23.6 Å². The van der Waals surface area contributed by atoms with Gasteiger partial charge in [-0.05, 0) is 12.1 Å². The van der Waals surface area contributed by atoms with Crippen molar-refractivity contribution >= 4 is 11.6 Å². The number of pyridine rings is 1. The molecular formula is C11H15N5O. The number of aromatic nitrogens is 3. The van der Waals surface area contributed by atoms with Gasteiger partial charge in [-0.15, -0.1) is 10.2 Å². The summed E-state index contributed by atoms with van der Waals surface area (Å²) in [6, 6.07) is 3.54. The SMILES string of the molecule is CCc1nnc2c(C(=O)NCCN)cccn12. The number of nitrogens with two attached hydrogens (primary N) is 1. The summed E-state index contributed by atoms with van der Waals surface area (Å²) in [5, 5.41) is 10.8. The Morgan fingerprint density at radius 1 is 1.53 bits per heavy atom. The van der Waals surface area contributed by atoms with Gasteiger partial charge in [-0.2, -0.15) is 0 Å². The molecule has 0 aromatic carbocycles. The van der Waals surface area contributed by atoms with Crippen molar-refractivity contribution in [3.8, 4) is 0 Å². The molecule has 0 aliphatic carbocycles. The van der Waals surface area contributed by atoms with Gasteiger partial charge in [0, 0.05) is 25.7 Å². The van der Waals surface area contributed by atoms with Crippen molar-refractivity contribution in [1.29, 1.82) is 0 Å². The number of hydrogen-bond donors (Lipinski definition) is 2. The molecule has 2 rings (SSSR count). The van der Waals surface area contributed by atoms with Crippen molar-refractivity contribution in [3.05, 3.63) is 29.7 Å². The van der Waals surface area contributed by atoms with Crippen LogP contribution in [0.25, 0.3) is 5.65 Å². The van der Waals surface area contributed by atoms with Crippen LogP contribution in [0.1, 0.15) is 23.1 Å². The van der Waals surface area contributed by atoms with Crippen molar-refractivity contribution in [3.63, 3.8) is 0 Å². The summed E-state index contributed by atoms with van der Waals surface area (Å²) < 4.78 is 1.83. The molecule has 2 heterocycles. The summed E-state index contributed by atoms with van der Waals surface area (Å²) in [7, 11) is 0. The monoisotopic (exact) mass is 233 g/mol. The Labute approximate surface area is 98.8 Å². The average molecular weight is 233 g/mol. The van der Waals surface area contributed by atoms with E-state index in [0.29, 0.717) is 24.3 Å². The molecule has 0 fully saturated rings. The predicted molar refractivity (Wildman–Crippen MR) is 63.8 cm³/mol. The molecule has 0 saturated heterocycles. The van der Waals surface area contributed by atoms with Gasteiger partial charge >= 0.3 is 0 Å². The van der Waals surface area contributed by atoms with Gasteiger partial charge < -0.3 is 11.1 Å². The van der Waals surface area contributed by atoms with Crippen LogP contribution >= 0.6 is 0 Å². The Morgan fingerprint density at radius 3 is 3.06 bits per heavy atom. The fourth-order valence-electron chi connectivity index (χ4n) is 1.66. The van der Waals surface area contributed by atoms with E-state index < -0.39 is 0 Å². The van der Waals surface area contributed by atoms with Crippen LogP contribution in [0.3, 0.4) is 0 Å². The number of hydrogen-bond acceptors (Lipinski definition) is 4. The number of carbonyl (C=O) groups is 1. The summed E-state index contributed by atoms with van der Waals surface area (Å²) in [5.41, 5.74) is 6.45. The van der Waals surface area contributed by atoms with Crippen LogP contribution in [0.2, 0.25) is 0 Å². The number of nitrogens with one attached hydrogen (secondary N) is 1. The van der Waals surface area contributed by atoms with Gasteiger partial charge in [0.2, 0.25) is 0 Å². The lowest BCUT2D eigenvalue weighted by Crippen LogP contribution is -2.29. The van der Waals surface area contributed by atoms with Crippen LogP contribution in [0.4, 0.5) is 0 Å². The molecule has 0 radical (unpaired) electrons. The Hall–Kier alpha value is -1.95. The summed E-state index contributed by atoms with van der Waals surface area (Å²) in [6.07, 6.45) is 2.63. The molecule has 0 atom stereocenters. The van der Waals surface area contributed by atoms with E-state index in [4.69, 9.17) is 5.73 Å². The second-order valence-electron chi connectivity index (χ2n) is 3.63. The minimum Gasteiger partial charge on any atom is -0.351 e. The zero-order valence-corrected chi connectivity index (χ0v) is 9.68. The maximum Gasteiger partial charge on any atom is 0.255 e. The lowest BCUT2D eigenvalue weighted by molar-refractivity contribution is 0.0956. The number of rotatable bonds is 4. The molecule has 1 amide bonds. The summed E-state index contributed by atoms with van der Waals surface area (Å²) in [5.74, 6) is 0.671. The smallest absolute Gasteiger partial charge is 0.255 e. The van der Waals surface area contributed by atoms with E-state index in [9.17, 15) is 4.79 Å². The first kappa shape index (κ1) is 11.5. The molecule has 0 saturated carbocycles. The molecule has 90 valence electrons. The maximum atomic E-state index is 11.9. The van der Waals surface area contributed by atoms with Crippen molar-refractivity contribution in [2.24, 2.45) is 5.73 Å². The second kappa shape index (κ2) is 4.92. The molecular weight excluding hydrogens is 218 g/mol. The lowest BCUT2D eigenvalue weighted by atomic mass is 10.2. The van der Waals surface area contributed by atoms with Crippen molar-refractivity contribution in [2.75, 3.05) is 13.1 Å². The van der Waals surface area contributed by atoms with Crippen molar-refractivity contribution in [2.45, 2.75) is 13.3 Å². The van der Waals surface area contributed by atoms with Crippen LogP contribution in [-0.4, -0.2) is 33.6 Å². The highest BCUT2D eigenvalue weighted by molar-refractivity contribution is 5.99. The average Bonchev–Trinajstić information content (AvgIpc) is 2.78. The fraction of sp³-hybridized carbons (Fsp3) is 0.364. The molecule has 0 aliphatic heterocycles. The minimum absolute atomic E-state index is 0.170. The highest BCUT2D eigenvalue weighted by atomic mass is 16.1. The second-order valence-corrected chi connectivity index (χ2v) is 3.63. The molecule has 6 heteroatoms. The van der Waals surface area contributed by atoms with Gasteiger partial charge in [0.05, 0.1) is 5.56 Å². The minimum atomic E-state index is -0.170. The van der Waals surface area contributed by atoms with Gasteiger partial charge in [0.1, 0.15) is 5.82 Å². The Balaban J connectivity index is 2.40.